The molecule has 0 saturated carbocycles. The first-order chi connectivity index (χ1) is 12.5. The number of carbonyl (C=O) groups excluding carboxylic acids is 1. The first-order valence-electron chi connectivity index (χ1n) is 8.60. The lowest BCUT2D eigenvalue weighted by molar-refractivity contribution is 0.0943. The zero-order chi connectivity index (χ0) is 18.7. The van der Waals surface area contributed by atoms with E-state index in [1.165, 1.54) is 5.56 Å². The summed E-state index contributed by atoms with van der Waals surface area (Å²) in [6, 6.07) is 15.6. The summed E-state index contributed by atoms with van der Waals surface area (Å²) in [6.45, 7) is 5.91. The van der Waals surface area contributed by atoms with E-state index in [1.807, 2.05) is 69.3 Å². The van der Waals surface area contributed by atoms with Gasteiger partial charge in [-0.2, -0.15) is 5.10 Å². The average Bonchev–Trinajstić information content (AvgIpc) is 3.07. The van der Waals surface area contributed by atoms with Crippen molar-refractivity contribution in [2.45, 2.75) is 26.8 Å². The molecule has 3 rings (SSSR count). The number of hydrogen-bond donors (Lipinski definition) is 1. The zero-order valence-corrected chi connectivity index (χ0v) is 15.5. The lowest BCUT2D eigenvalue weighted by atomic mass is 10.1. The van der Waals surface area contributed by atoms with Gasteiger partial charge in [0.25, 0.3) is 5.91 Å². The number of ether oxygens (including phenoxy) is 1. The fraction of sp³-hybridized carbons (Fsp3) is 0.238. The molecule has 134 valence electrons. The highest BCUT2D eigenvalue weighted by Crippen LogP contribution is 2.27. The minimum Gasteiger partial charge on any atom is -0.497 e. The van der Waals surface area contributed by atoms with Crippen molar-refractivity contribution in [3.63, 3.8) is 0 Å². The molecule has 5 nitrogen and oxygen atoms in total. The second-order valence-electron chi connectivity index (χ2n) is 6.53. The van der Waals surface area contributed by atoms with E-state index in [0.717, 1.165) is 17.0 Å². The van der Waals surface area contributed by atoms with Crippen LogP contribution in [0.2, 0.25) is 0 Å². The van der Waals surface area contributed by atoms with Crippen molar-refractivity contribution < 1.29 is 9.53 Å². The topological polar surface area (TPSA) is 56.2 Å². The van der Waals surface area contributed by atoms with Crippen molar-refractivity contribution >= 4 is 5.91 Å². The molecule has 5 heteroatoms. The number of aryl methyl sites for hydroxylation is 1. The number of nitrogens with zero attached hydrogens (tertiary/aromatic N) is 2. The van der Waals surface area contributed by atoms with Crippen molar-refractivity contribution in [3.8, 4) is 22.7 Å². The van der Waals surface area contributed by atoms with E-state index in [1.54, 1.807) is 18.0 Å². The highest BCUT2D eigenvalue weighted by molar-refractivity contribution is 6.00. The number of carbonyl (C=O) groups is 1. The van der Waals surface area contributed by atoms with Gasteiger partial charge in [0.05, 0.1) is 18.4 Å². The predicted molar refractivity (Wildman–Crippen MR) is 103 cm³/mol. The lowest BCUT2D eigenvalue weighted by Crippen LogP contribution is -2.30. The average molecular weight is 349 g/mol. The molecule has 1 heterocycles. The van der Waals surface area contributed by atoms with Crippen molar-refractivity contribution in [2.24, 2.45) is 0 Å². The van der Waals surface area contributed by atoms with Crippen molar-refractivity contribution in [2.75, 3.05) is 7.11 Å². The minimum atomic E-state index is -0.142. The molecule has 26 heavy (non-hydrogen) atoms. The van der Waals surface area contributed by atoms with Crippen LogP contribution in [0.15, 0.2) is 54.7 Å². The minimum absolute atomic E-state index is 0.0448. The maximum absolute atomic E-state index is 12.7. The van der Waals surface area contributed by atoms with E-state index in [-0.39, 0.29) is 11.9 Å². The maximum Gasteiger partial charge on any atom is 0.255 e. The van der Waals surface area contributed by atoms with E-state index in [9.17, 15) is 4.79 Å². The summed E-state index contributed by atoms with van der Waals surface area (Å²) in [5.74, 6) is 0.582. The van der Waals surface area contributed by atoms with E-state index < -0.39 is 0 Å². The molecule has 0 atom stereocenters. The number of aromatic nitrogens is 2. The van der Waals surface area contributed by atoms with E-state index in [4.69, 9.17) is 4.74 Å². The number of rotatable bonds is 5. The van der Waals surface area contributed by atoms with Gasteiger partial charge in [-0.1, -0.05) is 29.8 Å². The number of nitrogens with one attached hydrogen (secondary N) is 1. The Kier molecular flexibility index (Phi) is 5.07. The van der Waals surface area contributed by atoms with Crippen LogP contribution in [0.25, 0.3) is 16.9 Å². The van der Waals surface area contributed by atoms with Gasteiger partial charge in [0.2, 0.25) is 0 Å². The molecule has 0 radical (unpaired) electrons. The predicted octanol–water partition coefficient (Wildman–Crippen LogP) is 3.99. The SMILES string of the molecule is COc1cccc(-c2nn(-c3ccc(C)cc3)cc2C(=O)NC(C)C)c1. The Morgan fingerprint density at radius 1 is 1.15 bits per heavy atom. The number of methoxy groups -OCH3 is 1. The van der Waals surface area contributed by atoms with Crippen LogP contribution in [0.5, 0.6) is 5.75 Å². The number of amides is 1. The summed E-state index contributed by atoms with van der Waals surface area (Å²) in [7, 11) is 1.62. The normalized spacial score (nSPS) is 10.8. The summed E-state index contributed by atoms with van der Waals surface area (Å²) >= 11 is 0. The Labute approximate surface area is 153 Å². The van der Waals surface area contributed by atoms with E-state index in [2.05, 4.69) is 10.4 Å². The van der Waals surface area contributed by atoms with Gasteiger partial charge in [-0.15, -0.1) is 0 Å². The zero-order valence-electron chi connectivity index (χ0n) is 15.5. The third kappa shape index (κ3) is 3.77. The Balaban J connectivity index is 2.10. The van der Waals surface area contributed by atoms with Crippen LogP contribution in [-0.2, 0) is 0 Å². The molecule has 0 saturated heterocycles. The van der Waals surface area contributed by atoms with Crippen LogP contribution in [0.3, 0.4) is 0 Å². The molecule has 1 amide bonds. The Bertz CT molecular complexity index is 911. The number of hydrogen-bond acceptors (Lipinski definition) is 3. The highest BCUT2D eigenvalue weighted by Gasteiger charge is 2.19. The Morgan fingerprint density at radius 3 is 2.54 bits per heavy atom. The van der Waals surface area contributed by atoms with Crippen LogP contribution in [-0.4, -0.2) is 28.8 Å². The summed E-state index contributed by atoms with van der Waals surface area (Å²) in [4.78, 5) is 12.7. The van der Waals surface area contributed by atoms with Crippen LogP contribution in [0, 0.1) is 6.92 Å². The molecule has 1 aromatic heterocycles. The van der Waals surface area contributed by atoms with Gasteiger partial charge < -0.3 is 10.1 Å². The lowest BCUT2D eigenvalue weighted by Gasteiger charge is -2.08. The summed E-state index contributed by atoms with van der Waals surface area (Å²) in [6.07, 6.45) is 1.77. The third-order valence-corrected chi connectivity index (χ3v) is 4.02. The van der Waals surface area contributed by atoms with E-state index in [0.29, 0.717) is 11.3 Å². The fourth-order valence-electron chi connectivity index (χ4n) is 2.69. The second-order valence-corrected chi connectivity index (χ2v) is 6.53. The van der Waals surface area contributed by atoms with Gasteiger partial charge in [-0.05, 0) is 45.0 Å². The molecular formula is C21H23N3O2. The molecule has 0 fully saturated rings. The quantitative estimate of drug-likeness (QED) is 0.758. The molecule has 0 aliphatic carbocycles. The van der Waals surface area contributed by atoms with Gasteiger partial charge in [0.1, 0.15) is 11.4 Å². The third-order valence-electron chi connectivity index (χ3n) is 4.02. The summed E-state index contributed by atoms with van der Waals surface area (Å²) in [5.41, 5.74) is 4.08. The molecule has 0 unspecified atom stereocenters. The molecule has 2 aromatic carbocycles. The van der Waals surface area contributed by atoms with Gasteiger partial charge >= 0.3 is 0 Å². The van der Waals surface area contributed by atoms with Crippen LogP contribution >= 0.6 is 0 Å². The standard InChI is InChI=1S/C21H23N3O2/c1-14(2)22-21(25)19-13-24(17-10-8-15(3)9-11-17)23-20(19)16-6-5-7-18(12-16)26-4/h5-14H,1-4H3,(H,22,25). The molecule has 0 spiro atoms. The highest BCUT2D eigenvalue weighted by atomic mass is 16.5. The largest absolute Gasteiger partial charge is 0.497 e. The van der Waals surface area contributed by atoms with Crippen LogP contribution in [0.4, 0.5) is 0 Å². The van der Waals surface area contributed by atoms with Crippen molar-refractivity contribution in [1.29, 1.82) is 0 Å². The van der Waals surface area contributed by atoms with Crippen LogP contribution < -0.4 is 10.1 Å². The van der Waals surface area contributed by atoms with Gasteiger partial charge in [-0.3, -0.25) is 4.79 Å². The summed E-state index contributed by atoms with van der Waals surface area (Å²) < 4.78 is 7.05. The monoisotopic (exact) mass is 349 g/mol. The molecule has 0 aliphatic rings. The molecule has 0 bridgehead atoms. The van der Waals surface area contributed by atoms with Crippen molar-refractivity contribution in [3.05, 3.63) is 65.9 Å². The molecule has 1 N–H and O–H groups in total. The van der Waals surface area contributed by atoms with Crippen LogP contribution in [0.1, 0.15) is 29.8 Å². The van der Waals surface area contributed by atoms with Gasteiger partial charge in [0.15, 0.2) is 0 Å². The van der Waals surface area contributed by atoms with Gasteiger partial charge in [-0.25, -0.2) is 4.68 Å². The first kappa shape index (κ1) is 17.7. The van der Waals surface area contributed by atoms with Crippen molar-refractivity contribution in [1.82, 2.24) is 15.1 Å². The molecule has 3 aromatic rings. The maximum atomic E-state index is 12.7. The number of benzene rings is 2. The summed E-state index contributed by atoms with van der Waals surface area (Å²) in [5, 5.41) is 7.63. The smallest absolute Gasteiger partial charge is 0.255 e. The Hall–Kier alpha value is -3.08. The Morgan fingerprint density at radius 2 is 1.88 bits per heavy atom. The second kappa shape index (κ2) is 7.44. The fourth-order valence-corrected chi connectivity index (χ4v) is 2.69. The van der Waals surface area contributed by atoms with E-state index >= 15 is 0 Å². The van der Waals surface area contributed by atoms with Gasteiger partial charge in [0, 0.05) is 17.8 Å². The first-order valence-corrected chi connectivity index (χ1v) is 8.60. The molecule has 0 aliphatic heterocycles. The molecular weight excluding hydrogens is 326 g/mol.